The molecular weight excluding hydrogens is 391 g/mol. The molecule has 0 bridgehead atoms. The number of carbonyl (C=O) groups excluding carboxylic acids is 1. The molecule has 0 aliphatic carbocycles. The number of hydrogen-bond donors (Lipinski definition) is 1. The molecule has 0 unspecified atom stereocenters. The molecule has 0 heterocycles. The molecule has 0 aromatic heterocycles. The molecule has 1 amide bonds. The van der Waals surface area contributed by atoms with Crippen LogP contribution in [0.3, 0.4) is 0 Å². The third-order valence-electron chi connectivity index (χ3n) is 3.95. The molecule has 0 radical (unpaired) electrons. The third-order valence-corrected chi connectivity index (χ3v) is 4.28. The van der Waals surface area contributed by atoms with E-state index in [1.807, 2.05) is 6.07 Å². The maximum absolute atomic E-state index is 13.3. The van der Waals surface area contributed by atoms with Gasteiger partial charge < -0.3 is 10.1 Å². The average molecular weight is 407 g/mol. The van der Waals surface area contributed by atoms with E-state index >= 15 is 0 Å². The zero-order valence-electron chi connectivity index (χ0n) is 15.2. The molecule has 6 heteroatoms. The molecule has 0 atom stereocenters. The van der Waals surface area contributed by atoms with Crippen LogP contribution in [0.2, 0.25) is 5.02 Å². The first-order valence-corrected chi connectivity index (χ1v) is 9.08. The van der Waals surface area contributed by atoms with Crippen LogP contribution in [0.5, 0.6) is 5.75 Å². The number of carbonyl (C=O) groups is 1. The van der Waals surface area contributed by atoms with Gasteiger partial charge in [-0.15, -0.1) is 0 Å². The second-order valence-corrected chi connectivity index (χ2v) is 6.50. The molecule has 0 saturated heterocycles. The zero-order chi connectivity index (χ0) is 20.6. The number of hydrogen-bond acceptors (Lipinski definition) is 3. The fraction of sp³-hybridized carbons (Fsp3) is 0.0435. The molecule has 1 N–H and O–H groups in total. The number of rotatable bonds is 6. The molecule has 0 spiro atoms. The van der Waals surface area contributed by atoms with Gasteiger partial charge in [-0.2, -0.15) is 5.26 Å². The molecule has 144 valence electrons. The van der Waals surface area contributed by atoms with Crippen molar-refractivity contribution in [2.75, 3.05) is 5.32 Å². The number of nitriles is 1. The van der Waals surface area contributed by atoms with Crippen molar-refractivity contribution in [3.63, 3.8) is 0 Å². The van der Waals surface area contributed by atoms with Gasteiger partial charge in [0.05, 0.1) is 10.7 Å². The average Bonchev–Trinajstić information content (AvgIpc) is 2.72. The maximum atomic E-state index is 13.3. The molecule has 3 aromatic carbocycles. The van der Waals surface area contributed by atoms with Crippen LogP contribution < -0.4 is 10.1 Å². The largest absolute Gasteiger partial charge is 0.489 e. The first-order chi connectivity index (χ1) is 14.0. The first kappa shape index (κ1) is 20.1. The minimum absolute atomic E-state index is 0.0767. The number of nitrogens with one attached hydrogen (secondary N) is 1. The van der Waals surface area contributed by atoms with Crippen LogP contribution in [0.15, 0.2) is 78.4 Å². The van der Waals surface area contributed by atoms with Crippen LogP contribution in [0.4, 0.5) is 10.1 Å². The van der Waals surface area contributed by atoms with Crippen molar-refractivity contribution in [3.05, 3.63) is 100 Å². The van der Waals surface area contributed by atoms with Crippen LogP contribution in [0, 0.1) is 17.1 Å². The van der Waals surface area contributed by atoms with E-state index in [9.17, 15) is 14.4 Å². The smallest absolute Gasteiger partial charge is 0.266 e. The Balaban J connectivity index is 1.72. The fourth-order valence-electron chi connectivity index (χ4n) is 2.56. The predicted octanol–water partition coefficient (Wildman–Crippen LogP) is 5.60. The number of benzene rings is 3. The monoisotopic (exact) mass is 406 g/mol. The SMILES string of the molecule is N#C/C(=C/c1cccc(OCc2cccc(F)c2)c1)C(=O)Nc1ccccc1Cl. The molecule has 3 rings (SSSR count). The number of para-hydroxylation sites is 1. The van der Waals surface area contributed by atoms with Gasteiger partial charge in [-0.25, -0.2) is 4.39 Å². The summed E-state index contributed by atoms with van der Waals surface area (Å²) in [5, 5.41) is 12.4. The Morgan fingerprint density at radius 1 is 1.10 bits per heavy atom. The number of amides is 1. The summed E-state index contributed by atoms with van der Waals surface area (Å²) in [5.41, 5.74) is 1.66. The van der Waals surface area contributed by atoms with E-state index in [1.54, 1.807) is 60.7 Å². The van der Waals surface area contributed by atoms with E-state index in [2.05, 4.69) is 5.32 Å². The predicted molar refractivity (Wildman–Crippen MR) is 111 cm³/mol. The Morgan fingerprint density at radius 3 is 2.66 bits per heavy atom. The lowest BCUT2D eigenvalue weighted by atomic mass is 10.1. The van der Waals surface area contributed by atoms with Gasteiger partial charge in [0.2, 0.25) is 0 Å². The molecular formula is C23H16ClFN2O2. The Morgan fingerprint density at radius 2 is 1.90 bits per heavy atom. The fourth-order valence-corrected chi connectivity index (χ4v) is 2.74. The highest BCUT2D eigenvalue weighted by Gasteiger charge is 2.11. The van der Waals surface area contributed by atoms with Gasteiger partial charge in [-0.05, 0) is 53.6 Å². The lowest BCUT2D eigenvalue weighted by Crippen LogP contribution is -2.13. The molecule has 0 aliphatic rings. The Hall–Kier alpha value is -3.62. The number of halogens is 2. The van der Waals surface area contributed by atoms with Crippen molar-refractivity contribution in [1.29, 1.82) is 5.26 Å². The summed E-state index contributed by atoms with van der Waals surface area (Å²) in [7, 11) is 0. The van der Waals surface area contributed by atoms with Crippen LogP contribution in [-0.2, 0) is 11.4 Å². The van der Waals surface area contributed by atoms with Crippen molar-refractivity contribution in [3.8, 4) is 11.8 Å². The van der Waals surface area contributed by atoms with Gasteiger partial charge in [-0.1, -0.05) is 48.0 Å². The quantitative estimate of drug-likeness (QED) is 0.428. The number of nitrogens with zero attached hydrogens (tertiary/aromatic N) is 1. The molecule has 0 aliphatic heterocycles. The highest BCUT2D eigenvalue weighted by molar-refractivity contribution is 6.34. The standard InChI is InChI=1S/C23H16ClFN2O2/c24-21-9-1-2-10-22(21)27-23(28)18(14-26)11-16-5-4-8-20(13-16)29-15-17-6-3-7-19(25)12-17/h1-13H,15H2,(H,27,28)/b18-11-. The van der Waals surface area contributed by atoms with E-state index in [0.717, 1.165) is 0 Å². The molecule has 0 saturated carbocycles. The molecule has 4 nitrogen and oxygen atoms in total. The normalized spacial score (nSPS) is 10.9. The van der Waals surface area contributed by atoms with Crippen LogP contribution in [-0.4, -0.2) is 5.91 Å². The summed E-state index contributed by atoms with van der Waals surface area (Å²) in [6.07, 6.45) is 1.46. The van der Waals surface area contributed by atoms with Crippen molar-refractivity contribution in [2.24, 2.45) is 0 Å². The van der Waals surface area contributed by atoms with Gasteiger partial charge in [0, 0.05) is 0 Å². The topological polar surface area (TPSA) is 62.1 Å². The summed E-state index contributed by atoms with van der Waals surface area (Å²) in [6.45, 7) is 0.197. The maximum Gasteiger partial charge on any atom is 0.266 e. The highest BCUT2D eigenvalue weighted by atomic mass is 35.5. The lowest BCUT2D eigenvalue weighted by Gasteiger charge is -2.08. The van der Waals surface area contributed by atoms with Gasteiger partial charge in [0.1, 0.15) is 29.8 Å². The van der Waals surface area contributed by atoms with Crippen LogP contribution >= 0.6 is 11.6 Å². The van der Waals surface area contributed by atoms with Gasteiger partial charge in [0.25, 0.3) is 5.91 Å². The van der Waals surface area contributed by atoms with Gasteiger partial charge in [-0.3, -0.25) is 4.79 Å². The van der Waals surface area contributed by atoms with Crippen LogP contribution in [0.25, 0.3) is 6.08 Å². The minimum atomic E-state index is -0.563. The van der Waals surface area contributed by atoms with E-state index in [4.69, 9.17) is 16.3 Å². The number of ether oxygens (including phenoxy) is 1. The third kappa shape index (κ3) is 5.68. The minimum Gasteiger partial charge on any atom is -0.489 e. The Labute approximate surface area is 172 Å². The lowest BCUT2D eigenvalue weighted by molar-refractivity contribution is -0.112. The van der Waals surface area contributed by atoms with Crippen LogP contribution in [0.1, 0.15) is 11.1 Å². The summed E-state index contributed by atoms with van der Waals surface area (Å²) >= 11 is 6.04. The molecule has 3 aromatic rings. The summed E-state index contributed by atoms with van der Waals surface area (Å²) in [5.74, 6) is -0.357. The Bertz CT molecular complexity index is 1110. The van der Waals surface area contributed by atoms with E-state index in [0.29, 0.717) is 27.6 Å². The van der Waals surface area contributed by atoms with Crippen molar-refractivity contribution in [1.82, 2.24) is 0 Å². The van der Waals surface area contributed by atoms with E-state index in [-0.39, 0.29) is 18.0 Å². The summed E-state index contributed by atoms with van der Waals surface area (Å²) < 4.78 is 18.9. The molecule has 0 fully saturated rings. The second kappa shape index (κ2) is 9.54. The van der Waals surface area contributed by atoms with E-state index < -0.39 is 5.91 Å². The summed E-state index contributed by atoms with van der Waals surface area (Å²) in [4.78, 5) is 12.4. The first-order valence-electron chi connectivity index (χ1n) is 8.70. The van der Waals surface area contributed by atoms with E-state index in [1.165, 1.54) is 18.2 Å². The molecule has 29 heavy (non-hydrogen) atoms. The summed E-state index contributed by atoms with van der Waals surface area (Å²) in [6, 6.07) is 21.7. The number of anilines is 1. The van der Waals surface area contributed by atoms with Crippen molar-refractivity contribution >= 4 is 29.3 Å². The van der Waals surface area contributed by atoms with Gasteiger partial charge >= 0.3 is 0 Å². The van der Waals surface area contributed by atoms with Gasteiger partial charge in [0.15, 0.2) is 0 Å². The van der Waals surface area contributed by atoms with Crippen molar-refractivity contribution < 1.29 is 13.9 Å². The highest BCUT2D eigenvalue weighted by Crippen LogP contribution is 2.22. The van der Waals surface area contributed by atoms with Crippen molar-refractivity contribution in [2.45, 2.75) is 6.61 Å². The zero-order valence-corrected chi connectivity index (χ0v) is 16.0. The second-order valence-electron chi connectivity index (χ2n) is 6.09. The Kier molecular flexibility index (Phi) is 6.62.